The summed E-state index contributed by atoms with van der Waals surface area (Å²) in [7, 11) is 0. The van der Waals surface area contributed by atoms with Crippen LogP contribution in [0.25, 0.3) is 0 Å². The third kappa shape index (κ3) is 4.50. The van der Waals surface area contributed by atoms with Crippen molar-refractivity contribution in [1.29, 1.82) is 0 Å². The van der Waals surface area contributed by atoms with Gasteiger partial charge in [0.15, 0.2) is 0 Å². The van der Waals surface area contributed by atoms with E-state index in [1.165, 1.54) is 0 Å². The minimum absolute atomic E-state index is 0.202. The molecule has 1 aromatic heterocycles. The molecule has 0 radical (unpaired) electrons. The predicted octanol–water partition coefficient (Wildman–Crippen LogP) is 5.93. The first kappa shape index (κ1) is 22.2. The van der Waals surface area contributed by atoms with Gasteiger partial charge in [-0.25, -0.2) is 13.8 Å². The second kappa shape index (κ2) is 8.34. The summed E-state index contributed by atoms with van der Waals surface area (Å²) in [6.45, 7) is 0.686. The first-order valence-corrected chi connectivity index (χ1v) is 10.2. The Morgan fingerprint density at radius 2 is 1.86 bits per heavy atom. The highest BCUT2D eigenvalue weighted by atomic mass is 35.5. The standard InChI is InChI=1S/C20H19Cl3F2N2O2/c1-19(24,25)12-7-10-26-16(15(12)23)18(28)27-17(20(29)8-2-3-9-20)11-5-4-6-13(21)14(11)22/h4-7,10,17,29H,2-3,8-9H2,1H3,(H,27,28). The van der Waals surface area contributed by atoms with Gasteiger partial charge in [0.2, 0.25) is 0 Å². The summed E-state index contributed by atoms with van der Waals surface area (Å²) < 4.78 is 27.5. The van der Waals surface area contributed by atoms with E-state index in [0.717, 1.165) is 25.1 Å². The van der Waals surface area contributed by atoms with Crippen molar-refractivity contribution in [2.45, 2.75) is 50.2 Å². The Balaban J connectivity index is 2.01. The molecule has 1 heterocycles. The highest BCUT2D eigenvalue weighted by molar-refractivity contribution is 6.42. The quantitative estimate of drug-likeness (QED) is 0.578. The minimum Gasteiger partial charge on any atom is -0.387 e. The fourth-order valence-corrected chi connectivity index (χ4v) is 4.44. The molecular formula is C20H19Cl3F2N2O2. The van der Waals surface area contributed by atoms with Crippen molar-refractivity contribution in [1.82, 2.24) is 10.3 Å². The highest BCUT2D eigenvalue weighted by Crippen LogP contribution is 2.43. The van der Waals surface area contributed by atoms with Crippen LogP contribution in [0.2, 0.25) is 15.1 Å². The van der Waals surface area contributed by atoms with E-state index in [4.69, 9.17) is 34.8 Å². The van der Waals surface area contributed by atoms with E-state index in [9.17, 15) is 18.7 Å². The first-order chi connectivity index (χ1) is 13.5. The second-order valence-corrected chi connectivity index (χ2v) is 8.43. The number of carbonyl (C=O) groups is 1. The van der Waals surface area contributed by atoms with Gasteiger partial charge in [-0.3, -0.25) is 4.79 Å². The number of hydrogen-bond donors (Lipinski definition) is 2. The molecule has 1 aromatic carbocycles. The lowest BCUT2D eigenvalue weighted by Crippen LogP contribution is -2.45. The fourth-order valence-electron chi connectivity index (χ4n) is 3.66. The SMILES string of the molecule is CC(F)(F)c1ccnc(C(=O)NC(c2cccc(Cl)c2Cl)C2(O)CCCC2)c1Cl. The van der Waals surface area contributed by atoms with E-state index in [0.29, 0.717) is 25.3 Å². The van der Waals surface area contributed by atoms with Crippen molar-refractivity contribution in [3.05, 3.63) is 62.4 Å². The number of aromatic nitrogens is 1. The summed E-state index contributed by atoms with van der Waals surface area (Å²) in [6.07, 6.45) is 3.53. The van der Waals surface area contributed by atoms with Gasteiger partial charge in [0, 0.05) is 18.7 Å². The zero-order valence-corrected chi connectivity index (χ0v) is 17.8. The third-order valence-electron chi connectivity index (χ3n) is 5.15. The summed E-state index contributed by atoms with van der Waals surface area (Å²) in [5.41, 5.74) is -1.68. The zero-order chi connectivity index (χ0) is 21.4. The van der Waals surface area contributed by atoms with Gasteiger partial charge in [-0.05, 0) is 30.5 Å². The van der Waals surface area contributed by atoms with Crippen LogP contribution in [-0.2, 0) is 5.92 Å². The van der Waals surface area contributed by atoms with Crippen molar-refractivity contribution >= 4 is 40.7 Å². The van der Waals surface area contributed by atoms with Crippen LogP contribution in [0.3, 0.4) is 0 Å². The molecule has 1 amide bonds. The summed E-state index contributed by atoms with van der Waals surface area (Å²) in [5, 5.41) is 13.9. The molecule has 0 aliphatic heterocycles. The van der Waals surface area contributed by atoms with Crippen molar-refractivity contribution in [2.75, 3.05) is 0 Å². The Kier molecular flexibility index (Phi) is 6.39. The van der Waals surface area contributed by atoms with E-state index in [1.54, 1.807) is 18.2 Å². The number of nitrogens with one attached hydrogen (secondary N) is 1. The average molecular weight is 464 g/mol. The summed E-state index contributed by atoms with van der Waals surface area (Å²) in [5.74, 6) is -4.03. The second-order valence-electron chi connectivity index (χ2n) is 7.27. The van der Waals surface area contributed by atoms with Crippen molar-refractivity contribution in [3.63, 3.8) is 0 Å². The van der Waals surface area contributed by atoms with E-state index >= 15 is 0 Å². The molecule has 0 bridgehead atoms. The lowest BCUT2D eigenvalue weighted by Gasteiger charge is -2.34. The maximum atomic E-state index is 13.8. The Bertz CT molecular complexity index is 928. The summed E-state index contributed by atoms with van der Waals surface area (Å²) in [4.78, 5) is 16.8. The molecule has 1 aliphatic rings. The van der Waals surface area contributed by atoms with E-state index in [1.807, 2.05) is 0 Å². The molecule has 29 heavy (non-hydrogen) atoms. The Morgan fingerprint density at radius 1 is 1.21 bits per heavy atom. The molecule has 1 atom stereocenters. The highest BCUT2D eigenvalue weighted by Gasteiger charge is 2.43. The lowest BCUT2D eigenvalue weighted by atomic mass is 9.86. The van der Waals surface area contributed by atoms with Crippen LogP contribution < -0.4 is 5.32 Å². The fraction of sp³-hybridized carbons (Fsp3) is 0.400. The van der Waals surface area contributed by atoms with Gasteiger partial charge < -0.3 is 10.4 Å². The van der Waals surface area contributed by atoms with Gasteiger partial charge in [-0.15, -0.1) is 0 Å². The van der Waals surface area contributed by atoms with Gasteiger partial charge in [-0.2, -0.15) is 0 Å². The molecule has 1 aliphatic carbocycles. The van der Waals surface area contributed by atoms with Crippen LogP contribution >= 0.6 is 34.8 Å². The molecular weight excluding hydrogens is 445 g/mol. The molecule has 1 fully saturated rings. The molecule has 2 N–H and O–H groups in total. The van der Waals surface area contributed by atoms with Gasteiger partial charge in [-0.1, -0.05) is 59.8 Å². The van der Waals surface area contributed by atoms with E-state index in [2.05, 4.69) is 10.3 Å². The van der Waals surface area contributed by atoms with E-state index in [-0.39, 0.29) is 15.7 Å². The number of halogens is 5. The molecule has 1 unspecified atom stereocenters. The molecule has 3 rings (SSSR count). The molecule has 2 aromatic rings. The maximum Gasteiger partial charge on any atom is 0.272 e. The molecule has 9 heteroatoms. The van der Waals surface area contributed by atoms with Crippen LogP contribution in [0.15, 0.2) is 30.5 Å². The van der Waals surface area contributed by atoms with Crippen LogP contribution in [0.4, 0.5) is 8.78 Å². The molecule has 0 saturated heterocycles. The summed E-state index contributed by atoms with van der Waals surface area (Å²) >= 11 is 18.5. The van der Waals surface area contributed by atoms with E-state index < -0.39 is 34.1 Å². The van der Waals surface area contributed by atoms with Gasteiger partial charge in [0.05, 0.1) is 26.7 Å². The number of aliphatic hydroxyl groups is 1. The van der Waals surface area contributed by atoms with Crippen molar-refractivity contribution in [2.24, 2.45) is 0 Å². The molecule has 1 saturated carbocycles. The molecule has 156 valence electrons. The van der Waals surface area contributed by atoms with Crippen LogP contribution in [0.1, 0.15) is 60.3 Å². The Hall–Kier alpha value is -1.47. The van der Waals surface area contributed by atoms with Crippen molar-refractivity contribution in [3.8, 4) is 0 Å². The number of rotatable bonds is 5. The Labute approximate surface area is 182 Å². The third-order valence-corrected chi connectivity index (χ3v) is 6.37. The topological polar surface area (TPSA) is 62.2 Å². The Morgan fingerprint density at radius 3 is 2.48 bits per heavy atom. The van der Waals surface area contributed by atoms with Gasteiger partial charge in [0.25, 0.3) is 11.8 Å². The van der Waals surface area contributed by atoms with Crippen molar-refractivity contribution < 1.29 is 18.7 Å². The van der Waals surface area contributed by atoms with Crippen LogP contribution in [0.5, 0.6) is 0 Å². The number of amides is 1. The van der Waals surface area contributed by atoms with Crippen LogP contribution in [0, 0.1) is 0 Å². The summed E-state index contributed by atoms with van der Waals surface area (Å²) in [6, 6.07) is 5.06. The number of carbonyl (C=O) groups excluding carboxylic acids is 1. The normalized spacial score (nSPS) is 17.2. The molecule has 0 spiro atoms. The minimum atomic E-state index is -3.24. The maximum absolute atomic E-state index is 13.8. The smallest absolute Gasteiger partial charge is 0.272 e. The number of hydrogen-bond acceptors (Lipinski definition) is 3. The lowest BCUT2D eigenvalue weighted by molar-refractivity contribution is 0.00702. The zero-order valence-electron chi connectivity index (χ0n) is 15.5. The largest absolute Gasteiger partial charge is 0.387 e. The number of alkyl halides is 2. The monoisotopic (exact) mass is 462 g/mol. The average Bonchev–Trinajstić information content (AvgIpc) is 3.09. The number of nitrogens with zero attached hydrogens (tertiary/aromatic N) is 1. The van der Waals surface area contributed by atoms with Crippen LogP contribution in [-0.4, -0.2) is 21.6 Å². The predicted molar refractivity (Wildman–Crippen MR) is 109 cm³/mol. The number of benzene rings is 1. The number of pyridine rings is 1. The first-order valence-electron chi connectivity index (χ1n) is 9.04. The van der Waals surface area contributed by atoms with Gasteiger partial charge >= 0.3 is 0 Å². The molecule has 4 nitrogen and oxygen atoms in total. The van der Waals surface area contributed by atoms with Gasteiger partial charge in [0.1, 0.15) is 5.69 Å².